The van der Waals surface area contributed by atoms with E-state index >= 15 is 0 Å². The molecule has 1 aromatic carbocycles. The quantitative estimate of drug-likeness (QED) is 0.451. The maximum atomic E-state index is 12.5. The first-order valence-corrected chi connectivity index (χ1v) is 6.88. The van der Waals surface area contributed by atoms with E-state index in [1.807, 2.05) is 13.8 Å². The van der Waals surface area contributed by atoms with Crippen molar-refractivity contribution < 1.29 is 14.5 Å². The third-order valence-corrected chi connectivity index (χ3v) is 3.10. The van der Waals surface area contributed by atoms with Crippen LogP contribution in [0.1, 0.15) is 24.2 Å². The Kier molecular flexibility index (Phi) is 6.61. The zero-order valence-electron chi connectivity index (χ0n) is 12.6. The third kappa shape index (κ3) is 4.16. The molecule has 0 aromatic heterocycles. The van der Waals surface area contributed by atoms with Crippen molar-refractivity contribution in [3.05, 3.63) is 33.9 Å². The highest BCUT2D eigenvalue weighted by Crippen LogP contribution is 2.28. The number of para-hydroxylation sites is 1. The Morgan fingerprint density at radius 3 is 2.67 bits per heavy atom. The first kappa shape index (κ1) is 16.9. The molecule has 7 heteroatoms. The van der Waals surface area contributed by atoms with E-state index < -0.39 is 4.92 Å². The summed E-state index contributed by atoms with van der Waals surface area (Å²) in [7, 11) is 1.57. The molecule has 7 nitrogen and oxygen atoms in total. The minimum Gasteiger partial charge on any atom is -0.382 e. The van der Waals surface area contributed by atoms with Crippen LogP contribution in [-0.4, -0.2) is 49.1 Å². The summed E-state index contributed by atoms with van der Waals surface area (Å²) in [5.74, 6) is -0.245. The van der Waals surface area contributed by atoms with Crippen LogP contribution in [0, 0.1) is 10.1 Å². The Hall–Kier alpha value is -2.15. The highest BCUT2D eigenvalue weighted by molar-refractivity contribution is 6.01. The number of benzene rings is 1. The highest BCUT2D eigenvalue weighted by atomic mass is 16.6. The van der Waals surface area contributed by atoms with Gasteiger partial charge in [-0.25, -0.2) is 0 Å². The largest absolute Gasteiger partial charge is 0.382 e. The highest BCUT2D eigenvalue weighted by Gasteiger charge is 2.23. The van der Waals surface area contributed by atoms with Crippen molar-refractivity contribution in [2.24, 2.45) is 0 Å². The minimum atomic E-state index is -0.501. The molecule has 0 radical (unpaired) electrons. The van der Waals surface area contributed by atoms with Gasteiger partial charge in [-0.2, -0.15) is 0 Å². The maximum absolute atomic E-state index is 12.5. The first-order chi connectivity index (χ1) is 10.1. The molecule has 1 amide bonds. The summed E-state index contributed by atoms with van der Waals surface area (Å²) in [6, 6.07) is 4.48. The summed E-state index contributed by atoms with van der Waals surface area (Å²) in [6.45, 7) is 5.75. The van der Waals surface area contributed by atoms with Crippen molar-refractivity contribution in [1.82, 2.24) is 4.90 Å². The van der Waals surface area contributed by atoms with E-state index in [0.29, 0.717) is 31.9 Å². The molecular weight excluding hydrogens is 274 g/mol. The monoisotopic (exact) mass is 295 g/mol. The Morgan fingerprint density at radius 2 is 2.14 bits per heavy atom. The van der Waals surface area contributed by atoms with Crippen LogP contribution in [0.2, 0.25) is 0 Å². The van der Waals surface area contributed by atoms with Crippen molar-refractivity contribution in [2.45, 2.75) is 13.8 Å². The fourth-order valence-corrected chi connectivity index (χ4v) is 2.03. The average molecular weight is 295 g/mol. The summed E-state index contributed by atoms with van der Waals surface area (Å²) in [6.07, 6.45) is 0. The van der Waals surface area contributed by atoms with Crippen LogP contribution in [0.4, 0.5) is 11.4 Å². The van der Waals surface area contributed by atoms with Gasteiger partial charge < -0.3 is 15.0 Å². The fraction of sp³-hybridized carbons (Fsp3) is 0.500. The number of hydrogen-bond acceptors (Lipinski definition) is 5. The Bertz CT molecular complexity index is 505. The van der Waals surface area contributed by atoms with E-state index in [9.17, 15) is 14.9 Å². The minimum absolute atomic E-state index is 0.107. The predicted molar refractivity (Wildman–Crippen MR) is 80.7 cm³/mol. The lowest BCUT2D eigenvalue weighted by molar-refractivity contribution is -0.384. The van der Waals surface area contributed by atoms with Crippen LogP contribution in [0.3, 0.4) is 0 Å². The smallest absolute Gasteiger partial charge is 0.293 e. The third-order valence-electron chi connectivity index (χ3n) is 3.10. The zero-order chi connectivity index (χ0) is 15.8. The van der Waals surface area contributed by atoms with Gasteiger partial charge in [0.25, 0.3) is 11.6 Å². The number of rotatable bonds is 8. The van der Waals surface area contributed by atoms with Gasteiger partial charge in [-0.3, -0.25) is 14.9 Å². The number of nitro groups is 1. The Labute approximate surface area is 124 Å². The van der Waals surface area contributed by atoms with Gasteiger partial charge in [0.05, 0.1) is 17.1 Å². The van der Waals surface area contributed by atoms with Gasteiger partial charge in [0.15, 0.2) is 0 Å². The second kappa shape index (κ2) is 8.21. The van der Waals surface area contributed by atoms with Crippen molar-refractivity contribution in [2.75, 3.05) is 38.7 Å². The topological polar surface area (TPSA) is 84.7 Å². The number of carbonyl (C=O) groups is 1. The molecule has 0 aliphatic heterocycles. The van der Waals surface area contributed by atoms with Crippen LogP contribution >= 0.6 is 0 Å². The van der Waals surface area contributed by atoms with E-state index in [1.165, 1.54) is 12.1 Å². The Morgan fingerprint density at radius 1 is 1.43 bits per heavy atom. The van der Waals surface area contributed by atoms with E-state index in [4.69, 9.17) is 4.74 Å². The summed E-state index contributed by atoms with van der Waals surface area (Å²) >= 11 is 0. The van der Waals surface area contributed by atoms with E-state index in [0.717, 1.165) is 0 Å². The number of anilines is 1. The normalized spacial score (nSPS) is 10.2. The molecule has 0 aliphatic carbocycles. The molecule has 0 saturated heterocycles. The SMILES string of the molecule is CCOCCN(CC)C(=O)c1cccc([N+](=O)[O-])c1NC. The number of nitrogens with one attached hydrogen (secondary N) is 1. The van der Waals surface area contributed by atoms with Crippen molar-refractivity contribution >= 4 is 17.3 Å². The second-order valence-electron chi connectivity index (χ2n) is 4.29. The maximum Gasteiger partial charge on any atom is 0.293 e. The first-order valence-electron chi connectivity index (χ1n) is 6.88. The molecule has 1 rings (SSSR count). The van der Waals surface area contributed by atoms with Crippen LogP contribution in [0.25, 0.3) is 0 Å². The summed E-state index contributed by atoms with van der Waals surface area (Å²) in [5.41, 5.74) is 0.427. The van der Waals surface area contributed by atoms with Gasteiger partial charge in [-0.1, -0.05) is 6.07 Å². The van der Waals surface area contributed by atoms with Crippen LogP contribution in [0.5, 0.6) is 0 Å². The summed E-state index contributed by atoms with van der Waals surface area (Å²) in [5, 5.41) is 13.8. The van der Waals surface area contributed by atoms with E-state index in [1.54, 1.807) is 18.0 Å². The van der Waals surface area contributed by atoms with E-state index in [-0.39, 0.29) is 17.3 Å². The number of amides is 1. The lowest BCUT2D eigenvalue weighted by atomic mass is 10.1. The van der Waals surface area contributed by atoms with Crippen LogP contribution in [0.15, 0.2) is 18.2 Å². The second-order valence-corrected chi connectivity index (χ2v) is 4.29. The molecular formula is C14H21N3O4. The number of hydrogen-bond donors (Lipinski definition) is 1. The number of ether oxygens (including phenoxy) is 1. The molecule has 0 heterocycles. The lowest BCUT2D eigenvalue weighted by Crippen LogP contribution is -2.34. The molecule has 0 unspecified atom stereocenters. The average Bonchev–Trinajstić information content (AvgIpc) is 2.50. The van der Waals surface area contributed by atoms with Gasteiger partial charge in [0.2, 0.25) is 0 Å². The van der Waals surface area contributed by atoms with Crippen LogP contribution < -0.4 is 5.32 Å². The molecule has 116 valence electrons. The van der Waals surface area contributed by atoms with Crippen LogP contribution in [-0.2, 0) is 4.74 Å². The molecule has 21 heavy (non-hydrogen) atoms. The van der Waals surface area contributed by atoms with Gasteiger partial charge in [0.1, 0.15) is 5.69 Å². The zero-order valence-corrected chi connectivity index (χ0v) is 12.6. The van der Waals surface area contributed by atoms with Crippen molar-refractivity contribution in [1.29, 1.82) is 0 Å². The molecule has 0 fully saturated rings. The van der Waals surface area contributed by atoms with Crippen molar-refractivity contribution in [3.63, 3.8) is 0 Å². The van der Waals surface area contributed by atoms with Gasteiger partial charge >= 0.3 is 0 Å². The van der Waals surface area contributed by atoms with Gasteiger partial charge in [-0.15, -0.1) is 0 Å². The number of carbonyl (C=O) groups excluding carboxylic acids is 1. The molecule has 0 aliphatic rings. The fourth-order valence-electron chi connectivity index (χ4n) is 2.03. The van der Waals surface area contributed by atoms with E-state index in [2.05, 4.69) is 5.32 Å². The summed E-state index contributed by atoms with van der Waals surface area (Å²) < 4.78 is 5.25. The molecule has 0 atom stereocenters. The molecule has 1 aromatic rings. The number of nitrogens with zero attached hydrogens (tertiary/aromatic N) is 2. The number of nitro benzene ring substituents is 1. The molecule has 0 saturated carbocycles. The Balaban J connectivity index is 3.04. The van der Waals surface area contributed by atoms with Gasteiger partial charge in [0, 0.05) is 32.8 Å². The molecule has 1 N–H and O–H groups in total. The molecule has 0 bridgehead atoms. The molecule has 0 spiro atoms. The predicted octanol–water partition coefficient (Wildman–Crippen LogP) is 2.14. The summed E-state index contributed by atoms with van der Waals surface area (Å²) in [4.78, 5) is 24.7. The van der Waals surface area contributed by atoms with Gasteiger partial charge in [-0.05, 0) is 19.9 Å². The van der Waals surface area contributed by atoms with Crippen molar-refractivity contribution in [3.8, 4) is 0 Å². The number of likely N-dealkylation sites (N-methyl/N-ethyl adjacent to an activating group) is 1. The standard InChI is InChI=1S/C14H21N3O4/c1-4-16(9-10-21-5-2)14(18)11-7-6-8-12(17(19)20)13(11)15-3/h6-8,15H,4-5,9-10H2,1-3H3. The lowest BCUT2D eigenvalue weighted by Gasteiger charge is -2.22.